The number of hydrogen-bond acceptors (Lipinski definition) is 3. The van der Waals surface area contributed by atoms with Crippen molar-refractivity contribution >= 4 is 21.4 Å². The highest BCUT2D eigenvalue weighted by atomic mass is 35.5. The molecule has 0 spiro atoms. The summed E-state index contributed by atoms with van der Waals surface area (Å²) in [7, 11) is -3.09. The normalized spacial score (nSPS) is 11.1. The molecule has 5 heteroatoms. The highest BCUT2D eigenvalue weighted by Crippen LogP contribution is 2.19. The Balaban J connectivity index is 2.78. The van der Waals surface area contributed by atoms with Crippen molar-refractivity contribution in [3.05, 3.63) is 29.3 Å². The lowest BCUT2D eigenvalue weighted by atomic mass is 10.1. The Morgan fingerprint density at radius 2 is 2.05 bits per heavy atom. The van der Waals surface area contributed by atoms with Crippen LogP contribution in [0.1, 0.15) is 25.0 Å². The van der Waals surface area contributed by atoms with Crippen molar-refractivity contribution in [3.8, 4) is 17.6 Å². The number of hydrogen-bond donors (Lipinski definition) is 0. The molecule has 1 aromatic rings. The summed E-state index contributed by atoms with van der Waals surface area (Å²) < 4.78 is 29.0. The minimum absolute atomic E-state index is 0.000911. The van der Waals surface area contributed by atoms with Crippen LogP contribution in [0.4, 0.5) is 0 Å². The third-order valence-electron chi connectivity index (χ3n) is 2.77. The second-order valence-corrected chi connectivity index (χ2v) is 7.64. The van der Waals surface area contributed by atoms with Gasteiger partial charge in [0.1, 0.15) is 12.4 Å². The van der Waals surface area contributed by atoms with Gasteiger partial charge in [0.25, 0.3) is 0 Å². The Labute approximate surface area is 126 Å². The smallest absolute Gasteiger partial charge is 0.155 e. The molecule has 0 aliphatic carbocycles. The van der Waals surface area contributed by atoms with E-state index in [2.05, 4.69) is 11.8 Å². The van der Waals surface area contributed by atoms with Crippen molar-refractivity contribution in [3.63, 3.8) is 0 Å². The molecule has 0 N–H and O–H groups in total. The molecule has 110 valence electrons. The summed E-state index contributed by atoms with van der Waals surface area (Å²) in [6.07, 6.45) is 0. The lowest BCUT2D eigenvalue weighted by Crippen LogP contribution is -2.22. The van der Waals surface area contributed by atoms with Gasteiger partial charge in [0.15, 0.2) is 9.84 Å². The minimum Gasteiger partial charge on any atom is -0.491 e. The topological polar surface area (TPSA) is 43.4 Å². The Kier molecular flexibility index (Phi) is 6.38. The first-order valence-corrected chi connectivity index (χ1v) is 8.61. The van der Waals surface area contributed by atoms with Crippen molar-refractivity contribution in [1.29, 1.82) is 0 Å². The first-order valence-electron chi connectivity index (χ1n) is 6.36. The minimum atomic E-state index is -3.09. The van der Waals surface area contributed by atoms with Crippen LogP contribution < -0.4 is 4.74 Å². The number of alkyl halides is 1. The molecule has 0 saturated heterocycles. The van der Waals surface area contributed by atoms with E-state index in [-0.39, 0.29) is 23.5 Å². The van der Waals surface area contributed by atoms with Crippen LogP contribution in [0.2, 0.25) is 0 Å². The summed E-state index contributed by atoms with van der Waals surface area (Å²) in [5.41, 5.74) is 1.79. The van der Waals surface area contributed by atoms with Gasteiger partial charge < -0.3 is 4.74 Å². The number of ether oxygens (including phenoxy) is 1. The molecule has 0 atom stereocenters. The highest BCUT2D eigenvalue weighted by Gasteiger charge is 2.16. The zero-order chi connectivity index (χ0) is 15.2. The monoisotopic (exact) mass is 314 g/mol. The fourth-order valence-corrected chi connectivity index (χ4v) is 2.35. The van der Waals surface area contributed by atoms with E-state index in [0.717, 1.165) is 11.1 Å². The Bertz CT molecular complexity index is 610. The van der Waals surface area contributed by atoms with Crippen molar-refractivity contribution in [1.82, 2.24) is 0 Å². The molecule has 3 nitrogen and oxygen atoms in total. The summed E-state index contributed by atoms with van der Waals surface area (Å²) in [4.78, 5) is 0. The molecule has 0 aromatic heterocycles. The SMILES string of the molecule is Cc1ccc(OCCS(=O)(=O)C(C)C)c(C#CCCl)c1. The maximum absolute atomic E-state index is 11.7. The van der Waals surface area contributed by atoms with Gasteiger partial charge in [0.05, 0.1) is 22.4 Å². The molecular formula is C15H19ClO3S. The van der Waals surface area contributed by atoms with Gasteiger partial charge in [-0.15, -0.1) is 11.6 Å². The molecule has 0 radical (unpaired) electrons. The van der Waals surface area contributed by atoms with Crippen molar-refractivity contribution < 1.29 is 13.2 Å². The van der Waals surface area contributed by atoms with Gasteiger partial charge in [0, 0.05) is 0 Å². The van der Waals surface area contributed by atoms with Crippen molar-refractivity contribution in [2.75, 3.05) is 18.2 Å². The Morgan fingerprint density at radius 3 is 2.65 bits per heavy atom. The molecule has 20 heavy (non-hydrogen) atoms. The third-order valence-corrected chi connectivity index (χ3v) is 5.07. The number of sulfone groups is 1. The second kappa shape index (κ2) is 7.56. The van der Waals surface area contributed by atoms with Crippen LogP contribution >= 0.6 is 11.6 Å². The average Bonchev–Trinajstić information content (AvgIpc) is 2.38. The molecule has 0 bridgehead atoms. The zero-order valence-corrected chi connectivity index (χ0v) is 13.5. The zero-order valence-electron chi connectivity index (χ0n) is 11.9. The first kappa shape index (κ1) is 16.9. The second-order valence-electron chi connectivity index (χ2n) is 4.70. The highest BCUT2D eigenvalue weighted by molar-refractivity contribution is 7.91. The van der Waals surface area contributed by atoms with E-state index in [0.29, 0.717) is 5.75 Å². The molecule has 0 saturated carbocycles. The van der Waals surface area contributed by atoms with Gasteiger partial charge in [-0.3, -0.25) is 0 Å². The van der Waals surface area contributed by atoms with Gasteiger partial charge >= 0.3 is 0 Å². The standard InChI is InChI=1S/C15H19ClO3S/c1-12(2)20(17,18)10-9-19-15-7-6-13(3)11-14(15)5-4-8-16/h6-7,11-12H,8-10H2,1-3H3. The number of benzene rings is 1. The van der Waals surface area contributed by atoms with E-state index in [1.165, 1.54) is 0 Å². The molecule has 0 fully saturated rings. The van der Waals surface area contributed by atoms with Gasteiger partial charge in [-0.2, -0.15) is 0 Å². The molecular weight excluding hydrogens is 296 g/mol. The third kappa shape index (κ3) is 5.07. The van der Waals surface area contributed by atoms with E-state index in [4.69, 9.17) is 16.3 Å². The number of rotatable bonds is 5. The molecule has 0 aliphatic rings. The number of halogens is 1. The first-order chi connectivity index (χ1) is 9.36. The molecule has 0 unspecified atom stereocenters. The maximum atomic E-state index is 11.7. The maximum Gasteiger partial charge on any atom is 0.155 e. The summed E-state index contributed by atoms with van der Waals surface area (Å²) in [6.45, 7) is 5.41. The fourth-order valence-electron chi connectivity index (χ4n) is 1.50. The Hall–Kier alpha value is -1.18. The molecule has 0 heterocycles. The van der Waals surface area contributed by atoms with Crippen molar-refractivity contribution in [2.24, 2.45) is 0 Å². The lowest BCUT2D eigenvalue weighted by Gasteiger charge is -2.11. The predicted molar refractivity (Wildman–Crippen MR) is 83.2 cm³/mol. The van der Waals surface area contributed by atoms with Crippen molar-refractivity contribution in [2.45, 2.75) is 26.0 Å². The van der Waals surface area contributed by atoms with Crippen LogP contribution in [-0.2, 0) is 9.84 Å². The summed E-state index contributed by atoms with van der Waals surface area (Å²) >= 11 is 5.55. The Morgan fingerprint density at radius 1 is 1.35 bits per heavy atom. The van der Waals surface area contributed by atoms with Crippen LogP contribution in [0, 0.1) is 18.8 Å². The lowest BCUT2D eigenvalue weighted by molar-refractivity contribution is 0.339. The summed E-state index contributed by atoms with van der Waals surface area (Å²) in [5, 5.41) is -0.389. The number of aryl methyl sites for hydroxylation is 1. The van der Waals surface area contributed by atoms with Gasteiger partial charge in [0.2, 0.25) is 0 Å². The molecule has 0 amide bonds. The van der Waals surface area contributed by atoms with Crippen LogP contribution in [0.3, 0.4) is 0 Å². The van der Waals surface area contributed by atoms with E-state index in [1.54, 1.807) is 19.9 Å². The van der Waals surface area contributed by atoms with Gasteiger partial charge in [-0.25, -0.2) is 8.42 Å². The fraction of sp³-hybridized carbons (Fsp3) is 0.467. The quantitative estimate of drug-likeness (QED) is 0.620. The molecule has 1 rings (SSSR count). The van der Waals surface area contributed by atoms with Crippen LogP contribution in [-0.4, -0.2) is 31.9 Å². The summed E-state index contributed by atoms with van der Waals surface area (Å²) in [6, 6.07) is 5.60. The average molecular weight is 315 g/mol. The van der Waals surface area contributed by atoms with Gasteiger partial charge in [-0.05, 0) is 38.5 Å². The van der Waals surface area contributed by atoms with E-state index in [1.807, 2.05) is 19.1 Å². The van der Waals surface area contributed by atoms with E-state index < -0.39 is 9.84 Å². The van der Waals surface area contributed by atoms with E-state index >= 15 is 0 Å². The molecule has 0 aliphatic heterocycles. The summed E-state index contributed by atoms with van der Waals surface area (Å²) in [5.74, 6) is 6.53. The predicted octanol–water partition coefficient (Wildman–Crippen LogP) is 2.79. The van der Waals surface area contributed by atoms with Crippen LogP contribution in [0.15, 0.2) is 18.2 Å². The van der Waals surface area contributed by atoms with Crippen LogP contribution in [0.25, 0.3) is 0 Å². The largest absolute Gasteiger partial charge is 0.491 e. The molecule has 1 aromatic carbocycles. The van der Waals surface area contributed by atoms with Crippen LogP contribution in [0.5, 0.6) is 5.75 Å². The van der Waals surface area contributed by atoms with E-state index in [9.17, 15) is 8.42 Å². The van der Waals surface area contributed by atoms with Gasteiger partial charge in [-0.1, -0.05) is 17.9 Å².